The predicted molar refractivity (Wildman–Crippen MR) is 83.0 cm³/mol. The minimum atomic E-state index is -0.156. The predicted octanol–water partition coefficient (Wildman–Crippen LogP) is 4.42. The van der Waals surface area contributed by atoms with E-state index in [1.54, 1.807) is 0 Å². The van der Waals surface area contributed by atoms with E-state index in [9.17, 15) is 20.4 Å². The van der Waals surface area contributed by atoms with Crippen LogP contribution in [0.1, 0.15) is 0 Å². The lowest BCUT2D eigenvalue weighted by Gasteiger charge is -2.16. The van der Waals surface area contributed by atoms with E-state index < -0.39 is 0 Å². The molecule has 1 aliphatic heterocycles. The van der Waals surface area contributed by atoms with E-state index in [1.807, 2.05) is 0 Å². The maximum absolute atomic E-state index is 9.55. The Morgan fingerprint density at radius 1 is 0.450 bits per heavy atom. The maximum Gasteiger partial charge on any atom is 0.158 e. The summed E-state index contributed by atoms with van der Waals surface area (Å²) in [6.07, 6.45) is 0. The first-order valence-corrected chi connectivity index (χ1v) is 9.65. The fraction of sp³-hybridized carbons (Fsp3) is 0. The van der Waals surface area contributed by atoms with Crippen molar-refractivity contribution in [3.05, 3.63) is 24.3 Å². The van der Waals surface area contributed by atoms with Gasteiger partial charge in [0.2, 0.25) is 0 Å². The van der Waals surface area contributed by atoms with Crippen LogP contribution >= 0.6 is 43.2 Å². The molecule has 0 fully saturated rings. The molecule has 0 aromatic heterocycles. The molecule has 0 bridgehead atoms. The molecule has 0 saturated carbocycles. The van der Waals surface area contributed by atoms with Gasteiger partial charge >= 0.3 is 0 Å². The van der Waals surface area contributed by atoms with Crippen LogP contribution in [-0.2, 0) is 0 Å². The molecule has 20 heavy (non-hydrogen) atoms. The Balaban J connectivity index is 2.00. The van der Waals surface area contributed by atoms with E-state index in [0.717, 1.165) is 19.6 Å². The zero-order valence-corrected chi connectivity index (χ0v) is 13.0. The molecular weight excluding hydrogens is 336 g/mol. The molecule has 0 saturated heterocycles. The molecule has 0 amide bonds. The highest BCUT2D eigenvalue weighted by atomic mass is 33.1. The second kappa shape index (κ2) is 5.44. The van der Waals surface area contributed by atoms with Crippen LogP contribution in [-0.4, -0.2) is 20.4 Å². The van der Waals surface area contributed by atoms with Gasteiger partial charge in [0.05, 0.1) is 0 Å². The summed E-state index contributed by atoms with van der Waals surface area (Å²) in [4.78, 5) is 3.34. The lowest BCUT2D eigenvalue weighted by Crippen LogP contribution is -1.83. The van der Waals surface area contributed by atoms with Crippen molar-refractivity contribution in [1.29, 1.82) is 0 Å². The summed E-state index contributed by atoms with van der Waals surface area (Å²) in [5.74, 6) is -0.623. The summed E-state index contributed by atoms with van der Waals surface area (Å²) >= 11 is 0. The first-order chi connectivity index (χ1) is 9.54. The summed E-state index contributed by atoms with van der Waals surface area (Å²) in [6.45, 7) is 0. The molecule has 4 N–H and O–H groups in total. The molecular formula is C12H8O4S4. The normalized spacial score (nSPS) is 14.0. The van der Waals surface area contributed by atoms with Gasteiger partial charge in [-0.3, -0.25) is 0 Å². The minimum Gasteiger partial charge on any atom is -0.504 e. The number of hydrogen-bond acceptors (Lipinski definition) is 8. The van der Waals surface area contributed by atoms with Crippen molar-refractivity contribution in [2.45, 2.75) is 19.6 Å². The van der Waals surface area contributed by atoms with Crippen molar-refractivity contribution < 1.29 is 20.4 Å². The van der Waals surface area contributed by atoms with Crippen LogP contribution in [0.25, 0.3) is 0 Å². The SMILES string of the molecule is Oc1cc2c(cc1O)SSc1cc(O)c(O)cc1SS2. The number of hydrogen-bond donors (Lipinski definition) is 4. The van der Waals surface area contributed by atoms with E-state index in [4.69, 9.17) is 0 Å². The van der Waals surface area contributed by atoms with E-state index in [0.29, 0.717) is 0 Å². The highest BCUT2D eigenvalue weighted by Gasteiger charge is 2.18. The third-order valence-corrected chi connectivity index (χ3v) is 7.67. The fourth-order valence-electron chi connectivity index (χ4n) is 1.52. The Bertz CT molecular complexity index is 572. The van der Waals surface area contributed by atoms with Gasteiger partial charge < -0.3 is 20.4 Å². The highest BCUT2D eigenvalue weighted by molar-refractivity contribution is 8.79. The van der Waals surface area contributed by atoms with Gasteiger partial charge in [-0.2, -0.15) is 0 Å². The molecule has 8 heteroatoms. The number of fused-ring (bicyclic) bond motifs is 2. The summed E-state index contributed by atoms with van der Waals surface area (Å²) in [5.41, 5.74) is 0. The summed E-state index contributed by atoms with van der Waals surface area (Å²) in [6, 6.07) is 6.06. The van der Waals surface area contributed by atoms with Crippen LogP contribution < -0.4 is 0 Å². The van der Waals surface area contributed by atoms with Crippen LogP contribution in [0.2, 0.25) is 0 Å². The zero-order valence-electron chi connectivity index (χ0n) is 9.73. The van der Waals surface area contributed by atoms with Gasteiger partial charge in [-0.25, -0.2) is 0 Å². The molecule has 4 nitrogen and oxygen atoms in total. The van der Waals surface area contributed by atoms with Crippen LogP contribution in [0, 0.1) is 0 Å². The number of rotatable bonds is 0. The highest BCUT2D eigenvalue weighted by Crippen LogP contribution is 2.56. The average molecular weight is 344 g/mol. The van der Waals surface area contributed by atoms with E-state index in [1.165, 1.54) is 67.4 Å². The van der Waals surface area contributed by atoms with Gasteiger partial charge in [-0.15, -0.1) is 0 Å². The van der Waals surface area contributed by atoms with Crippen molar-refractivity contribution >= 4 is 43.2 Å². The van der Waals surface area contributed by atoms with Gasteiger partial charge in [0.15, 0.2) is 23.0 Å². The molecule has 0 radical (unpaired) electrons. The Morgan fingerprint density at radius 3 is 0.850 bits per heavy atom. The van der Waals surface area contributed by atoms with E-state index in [-0.39, 0.29) is 23.0 Å². The zero-order chi connectivity index (χ0) is 14.3. The van der Waals surface area contributed by atoms with Gasteiger partial charge in [0, 0.05) is 19.6 Å². The van der Waals surface area contributed by atoms with Crippen LogP contribution in [0.15, 0.2) is 43.8 Å². The van der Waals surface area contributed by atoms with Crippen LogP contribution in [0.5, 0.6) is 23.0 Å². The summed E-state index contributed by atoms with van der Waals surface area (Å²) in [7, 11) is 5.69. The average Bonchev–Trinajstić information content (AvgIpc) is 2.40. The summed E-state index contributed by atoms with van der Waals surface area (Å²) in [5, 5.41) is 38.2. The third kappa shape index (κ3) is 2.60. The van der Waals surface area contributed by atoms with Crippen molar-refractivity contribution in [3.8, 4) is 23.0 Å². The van der Waals surface area contributed by atoms with Crippen molar-refractivity contribution in [2.24, 2.45) is 0 Å². The van der Waals surface area contributed by atoms with Gasteiger partial charge in [0.1, 0.15) is 0 Å². The van der Waals surface area contributed by atoms with Gasteiger partial charge in [-0.1, -0.05) is 43.2 Å². The van der Waals surface area contributed by atoms with Gasteiger partial charge in [0.25, 0.3) is 0 Å². The minimum absolute atomic E-state index is 0.156. The van der Waals surface area contributed by atoms with Crippen LogP contribution in [0.4, 0.5) is 0 Å². The second-order valence-electron chi connectivity index (χ2n) is 3.91. The van der Waals surface area contributed by atoms with E-state index >= 15 is 0 Å². The molecule has 0 spiro atoms. The van der Waals surface area contributed by atoms with Crippen molar-refractivity contribution in [3.63, 3.8) is 0 Å². The molecule has 2 aromatic carbocycles. The lowest BCUT2D eigenvalue weighted by atomic mass is 10.3. The van der Waals surface area contributed by atoms with Crippen LogP contribution in [0.3, 0.4) is 0 Å². The number of phenols is 4. The molecule has 3 rings (SSSR count). The molecule has 1 heterocycles. The quantitative estimate of drug-likeness (QED) is 0.413. The third-order valence-electron chi connectivity index (χ3n) is 2.52. The maximum atomic E-state index is 9.55. The van der Waals surface area contributed by atoms with Gasteiger partial charge in [-0.05, 0) is 24.3 Å². The first kappa shape index (κ1) is 14.0. The standard InChI is InChI=1S/C12H8O4S4/c13-5-1-9-10(2-6(5)14)18-20-12-4-8(16)7(15)3-11(12)19-17-9/h1-4,13-16H. The smallest absolute Gasteiger partial charge is 0.158 e. The fourth-order valence-corrected chi connectivity index (χ4v) is 6.94. The Kier molecular flexibility index (Phi) is 3.80. The second-order valence-corrected chi connectivity index (χ2v) is 8.33. The number of benzene rings is 2. The topological polar surface area (TPSA) is 80.9 Å². The molecule has 104 valence electrons. The Hall–Kier alpha value is -0.960. The molecule has 0 atom stereocenters. The molecule has 1 aliphatic rings. The summed E-state index contributed by atoms with van der Waals surface area (Å²) < 4.78 is 0. The molecule has 0 aliphatic carbocycles. The lowest BCUT2D eigenvalue weighted by molar-refractivity contribution is 0.400. The number of aromatic hydroxyl groups is 4. The van der Waals surface area contributed by atoms with Crippen molar-refractivity contribution in [1.82, 2.24) is 0 Å². The Labute approximate surface area is 130 Å². The Morgan fingerprint density at radius 2 is 0.650 bits per heavy atom. The monoisotopic (exact) mass is 344 g/mol. The molecule has 2 aromatic rings. The van der Waals surface area contributed by atoms with Crippen molar-refractivity contribution in [2.75, 3.05) is 0 Å². The molecule has 0 unspecified atom stereocenters. The first-order valence-electron chi connectivity index (χ1n) is 5.35. The largest absolute Gasteiger partial charge is 0.504 e. The number of phenolic OH excluding ortho intramolecular Hbond substituents is 4. The van der Waals surface area contributed by atoms with E-state index in [2.05, 4.69) is 0 Å².